The molecule has 1 amide bonds. The number of hydrogen-bond acceptors (Lipinski definition) is 5. The zero-order valence-electron chi connectivity index (χ0n) is 17.1. The summed E-state index contributed by atoms with van der Waals surface area (Å²) in [7, 11) is 1.40. The molecule has 1 unspecified atom stereocenters. The number of carbonyl (C=O) groups excluding carboxylic acids is 2. The highest BCUT2D eigenvalue weighted by molar-refractivity contribution is 6.52. The molecular weight excluding hydrogens is 489 g/mol. The molecule has 33 heavy (non-hydrogen) atoms. The highest BCUT2D eigenvalue weighted by Crippen LogP contribution is 2.44. The summed E-state index contributed by atoms with van der Waals surface area (Å²) >= 11 is 18.4. The molecule has 0 saturated carbocycles. The number of ketones is 1. The van der Waals surface area contributed by atoms with Gasteiger partial charge in [0.1, 0.15) is 11.5 Å². The molecule has 1 heterocycles. The fraction of sp³-hybridized carbons (Fsp3) is 0.0833. The topological polar surface area (TPSA) is 87.1 Å². The number of methoxy groups -OCH3 is 1. The van der Waals surface area contributed by atoms with Crippen LogP contribution in [0.15, 0.2) is 66.2 Å². The third-order valence-corrected chi connectivity index (χ3v) is 6.05. The standard InChI is InChI=1S/C24H16Cl3NO5/c1-33-23-17(26)10-13(11-18(23)27)21(30)19-20(12-2-8-16(29)9-3-12)28(24(32)22(19)31)15-6-4-14(25)5-7-15/h2-11,20,29-30H,1H3/b21-19+. The Balaban J connectivity index is 1.95. The first-order chi connectivity index (χ1) is 15.7. The number of phenols is 1. The van der Waals surface area contributed by atoms with E-state index in [1.165, 1.54) is 36.3 Å². The van der Waals surface area contributed by atoms with Gasteiger partial charge in [0.15, 0.2) is 5.75 Å². The van der Waals surface area contributed by atoms with Crippen LogP contribution in [0.4, 0.5) is 5.69 Å². The largest absolute Gasteiger partial charge is 0.508 e. The number of carbonyl (C=O) groups is 2. The Labute approximate surface area is 204 Å². The van der Waals surface area contributed by atoms with Crippen molar-refractivity contribution in [3.05, 3.63) is 92.4 Å². The minimum absolute atomic E-state index is 0.0101. The molecule has 3 aromatic rings. The predicted octanol–water partition coefficient (Wildman–Crippen LogP) is 5.99. The molecule has 9 heteroatoms. The maximum Gasteiger partial charge on any atom is 0.300 e. The molecule has 2 N–H and O–H groups in total. The van der Waals surface area contributed by atoms with E-state index in [9.17, 15) is 19.8 Å². The predicted molar refractivity (Wildman–Crippen MR) is 127 cm³/mol. The van der Waals surface area contributed by atoms with Gasteiger partial charge in [0.2, 0.25) is 0 Å². The number of anilines is 1. The van der Waals surface area contributed by atoms with Gasteiger partial charge in [-0.15, -0.1) is 0 Å². The quantitative estimate of drug-likeness (QED) is 0.259. The summed E-state index contributed by atoms with van der Waals surface area (Å²) in [6.07, 6.45) is 0. The van der Waals surface area contributed by atoms with Gasteiger partial charge in [-0.3, -0.25) is 14.5 Å². The smallest absolute Gasteiger partial charge is 0.300 e. The van der Waals surface area contributed by atoms with E-state index in [-0.39, 0.29) is 32.7 Å². The Morgan fingerprint density at radius 1 is 0.939 bits per heavy atom. The first kappa shape index (κ1) is 23.0. The summed E-state index contributed by atoms with van der Waals surface area (Å²) in [6.45, 7) is 0. The third-order valence-electron chi connectivity index (χ3n) is 5.23. The number of nitrogens with zero attached hydrogens (tertiary/aromatic N) is 1. The lowest BCUT2D eigenvalue weighted by atomic mass is 9.95. The number of aliphatic hydroxyl groups is 1. The van der Waals surface area contributed by atoms with Crippen LogP contribution in [0, 0.1) is 0 Å². The Kier molecular flexibility index (Phi) is 6.26. The Morgan fingerprint density at radius 2 is 1.52 bits per heavy atom. The maximum absolute atomic E-state index is 13.1. The minimum Gasteiger partial charge on any atom is -0.508 e. The number of Topliss-reactive ketones (excluding diaryl/α,β-unsaturated/α-hetero) is 1. The average Bonchev–Trinajstić information content (AvgIpc) is 3.05. The molecule has 168 valence electrons. The monoisotopic (exact) mass is 503 g/mol. The molecule has 1 aliphatic heterocycles. The lowest BCUT2D eigenvalue weighted by Gasteiger charge is -2.25. The van der Waals surface area contributed by atoms with Crippen LogP contribution >= 0.6 is 34.8 Å². The fourth-order valence-electron chi connectivity index (χ4n) is 3.72. The number of benzene rings is 3. The number of aromatic hydroxyl groups is 1. The second-order valence-corrected chi connectivity index (χ2v) is 8.46. The van der Waals surface area contributed by atoms with Crippen LogP contribution in [0.3, 0.4) is 0 Å². The van der Waals surface area contributed by atoms with Gasteiger partial charge < -0.3 is 14.9 Å². The summed E-state index contributed by atoms with van der Waals surface area (Å²) in [4.78, 5) is 27.5. The van der Waals surface area contributed by atoms with E-state index in [1.54, 1.807) is 36.4 Å². The fourth-order valence-corrected chi connectivity index (χ4v) is 4.49. The van der Waals surface area contributed by atoms with Crippen LogP contribution in [0.1, 0.15) is 17.2 Å². The molecule has 0 aliphatic carbocycles. The van der Waals surface area contributed by atoms with E-state index in [0.717, 1.165) is 0 Å². The van der Waals surface area contributed by atoms with Crippen LogP contribution in [-0.2, 0) is 9.59 Å². The lowest BCUT2D eigenvalue weighted by Crippen LogP contribution is -2.29. The Bertz CT molecular complexity index is 1260. The van der Waals surface area contributed by atoms with Crippen molar-refractivity contribution in [3.63, 3.8) is 0 Å². The van der Waals surface area contributed by atoms with Crippen molar-refractivity contribution in [1.82, 2.24) is 0 Å². The molecule has 0 bridgehead atoms. The van der Waals surface area contributed by atoms with Gasteiger partial charge in [0.05, 0.1) is 28.8 Å². The van der Waals surface area contributed by atoms with Crippen molar-refractivity contribution in [3.8, 4) is 11.5 Å². The van der Waals surface area contributed by atoms with Crippen LogP contribution < -0.4 is 9.64 Å². The van der Waals surface area contributed by atoms with Gasteiger partial charge in [-0.05, 0) is 54.1 Å². The number of hydrogen-bond donors (Lipinski definition) is 2. The van der Waals surface area contributed by atoms with Gasteiger partial charge in [0.25, 0.3) is 11.7 Å². The van der Waals surface area contributed by atoms with Crippen molar-refractivity contribution in [2.45, 2.75) is 6.04 Å². The summed E-state index contributed by atoms with van der Waals surface area (Å²) in [5.41, 5.74) is 0.889. The average molecular weight is 505 g/mol. The van der Waals surface area contributed by atoms with Crippen LogP contribution in [0.5, 0.6) is 11.5 Å². The molecule has 0 spiro atoms. The summed E-state index contributed by atoms with van der Waals surface area (Å²) < 4.78 is 5.14. The normalized spacial score (nSPS) is 17.5. The van der Waals surface area contributed by atoms with Crippen LogP contribution in [-0.4, -0.2) is 29.0 Å². The van der Waals surface area contributed by atoms with Crippen molar-refractivity contribution in [1.29, 1.82) is 0 Å². The van der Waals surface area contributed by atoms with E-state index >= 15 is 0 Å². The molecule has 6 nitrogen and oxygen atoms in total. The molecule has 1 fully saturated rings. The summed E-state index contributed by atoms with van der Waals surface area (Å²) in [5, 5.41) is 21.6. The number of phenolic OH excluding ortho intramolecular Hbond substituents is 1. The van der Waals surface area contributed by atoms with E-state index < -0.39 is 23.5 Å². The van der Waals surface area contributed by atoms with Gasteiger partial charge >= 0.3 is 0 Å². The molecule has 1 atom stereocenters. The van der Waals surface area contributed by atoms with Crippen molar-refractivity contribution < 1.29 is 24.5 Å². The molecule has 0 aromatic heterocycles. The number of aliphatic hydroxyl groups excluding tert-OH is 1. The van der Waals surface area contributed by atoms with Crippen molar-refractivity contribution >= 4 is 57.9 Å². The second kappa shape index (κ2) is 8.98. The Hall–Kier alpha value is -3.19. The van der Waals surface area contributed by atoms with E-state index in [0.29, 0.717) is 16.3 Å². The first-order valence-electron chi connectivity index (χ1n) is 9.61. The highest BCUT2D eigenvalue weighted by atomic mass is 35.5. The van der Waals surface area contributed by atoms with Gasteiger partial charge in [-0.2, -0.15) is 0 Å². The summed E-state index contributed by atoms with van der Waals surface area (Å²) in [6, 6.07) is 14.2. The zero-order valence-corrected chi connectivity index (χ0v) is 19.3. The van der Waals surface area contributed by atoms with E-state index in [2.05, 4.69) is 0 Å². The molecular formula is C24H16Cl3NO5. The number of ether oxygens (including phenoxy) is 1. The highest BCUT2D eigenvalue weighted by Gasteiger charge is 2.47. The molecule has 3 aromatic carbocycles. The van der Waals surface area contributed by atoms with Crippen LogP contribution in [0.25, 0.3) is 5.76 Å². The first-order valence-corrected chi connectivity index (χ1v) is 10.7. The van der Waals surface area contributed by atoms with Crippen LogP contribution in [0.2, 0.25) is 15.1 Å². The number of halogens is 3. The number of amides is 1. The molecule has 4 rings (SSSR count). The van der Waals surface area contributed by atoms with Gasteiger partial charge in [-0.25, -0.2) is 0 Å². The van der Waals surface area contributed by atoms with E-state index in [1.807, 2.05) is 0 Å². The second-order valence-electron chi connectivity index (χ2n) is 7.21. The molecule has 0 radical (unpaired) electrons. The van der Waals surface area contributed by atoms with E-state index in [4.69, 9.17) is 39.5 Å². The lowest BCUT2D eigenvalue weighted by molar-refractivity contribution is -0.132. The van der Waals surface area contributed by atoms with Gasteiger partial charge in [0, 0.05) is 16.3 Å². The molecule has 1 aliphatic rings. The minimum atomic E-state index is -0.980. The third kappa shape index (κ3) is 4.13. The summed E-state index contributed by atoms with van der Waals surface area (Å²) in [5.74, 6) is -1.94. The maximum atomic E-state index is 13.1. The van der Waals surface area contributed by atoms with Crippen molar-refractivity contribution in [2.75, 3.05) is 12.0 Å². The molecule has 1 saturated heterocycles. The van der Waals surface area contributed by atoms with Gasteiger partial charge in [-0.1, -0.05) is 46.9 Å². The van der Waals surface area contributed by atoms with Crippen molar-refractivity contribution in [2.24, 2.45) is 0 Å². The zero-order chi connectivity index (χ0) is 23.9. The SMILES string of the molecule is COc1c(Cl)cc(/C(O)=C2\C(=O)C(=O)N(c3ccc(Cl)cc3)C2c2ccc(O)cc2)cc1Cl. The number of rotatable bonds is 4. The Morgan fingerprint density at radius 3 is 2.06 bits per heavy atom.